The SMILES string of the molecule is C#CCN(Cc1ccc2nc(C)[nH]c(=O)c2c1)c1ccc(C(=O)N[C@@H](CCC(=O)O)C(=O)N[C@@H](CCC(=O)O)C(=O)N[C@@H](CCC(=O)O)C(=O)N[C@@H](CCC(=O)O)C(=O)O)cc1. The molecule has 4 atom stereocenters. The molecule has 10 N–H and O–H groups in total. The van der Waals surface area contributed by atoms with Crippen molar-refractivity contribution in [3.63, 3.8) is 0 Å². The predicted octanol–water partition coefficient (Wildman–Crippen LogP) is -0.0321. The number of aryl methyl sites for hydroxylation is 1. The third-order valence-electron chi connectivity index (χ3n) is 9.13. The molecule has 3 rings (SSSR count). The molecule has 22 heteroatoms. The Labute approximate surface area is 352 Å². The van der Waals surface area contributed by atoms with Crippen LogP contribution in [0.25, 0.3) is 10.9 Å². The van der Waals surface area contributed by atoms with Gasteiger partial charge in [0.1, 0.15) is 30.0 Å². The number of benzene rings is 2. The number of carboxylic acids is 5. The Bertz CT molecular complexity index is 2290. The highest BCUT2D eigenvalue weighted by molar-refractivity contribution is 5.99. The number of nitrogens with one attached hydrogen (secondary N) is 5. The first-order valence-electron chi connectivity index (χ1n) is 18.9. The second-order valence-corrected chi connectivity index (χ2v) is 13.9. The predicted molar refractivity (Wildman–Crippen MR) is 216 cm³/mol. The van der Waals surface area contributed by atoms with E-state index in [9.17, 15) is 68.4 Å². The number of hydrogen-bond acceptors (Lipinski definition) is 12. The van der Waals surface area contributed by atoms with Crippen molar-refractivity contribution in [1.82, 2.24) is 31.2 Å². The number of aromatic amines is 1. The summed E-state index contributed by atoms with van der Waals surface area (Å²) in [5, 5.41) is 55.5. The molecular weight excluding hydrogens is 818 g/mol. The van der Waals surface area contributed by atoms with Gasteiger partial charge in [-0.25, -0.2) is 9.78 Å². The number of carbonyl (C=O) groups excluding carboxylic acids is 4. The van der Waals surface area contributed by atoms with Crippen LogP contribution in [-0.4, -0.2) is 120 Å². The number of amides is 4. The standard InChI is InChI=1S/C40H45N7O15/c1-3-18-47(20-22-4-9-26-25(19-22)36(57)42-21(2)41-26)24-7-5-23(6-8-24)35(56)43-27(10-14-31(48)49)37(58)44-28(11-15-32(50)51)38(59)45-29(12-16-33(52)53)39(60)46-30(40(61)62)13-17-34(54)55/h1,4-9,19,27-30H,10-18,20H2,2H3,(H,43,56)(H,44,58)(H,45,59)(H,46,60)(H,48,49)(H,50,51)(H,52,53)(H,54,55)(H,61,62)(H,41,42,57)/t27-,28-,29-,30-/m0/s1. The fourth-order valence-electron chi connectivity index (χ4n) is 5.99. The van der Waals surface area contributed by atoms with E-state index in [-0.39, 0.29) is 24.2 Å². The van der Waals surface area contributed by atoms with Gasteiger partial charge in [-0.2, -0.15) is 0 Å². The third-order valence-corrected chi connectivity index (χ3v) is 9.13. The average Bonchev–Trinajstić information content (AvgIpc) is 3.20. The molecule has 0 aliphatic rings. The number of rotatable bonds is 25. The van der Waals surface area contributed by atoms with Crippen molar-refractivity contribution < 1.29 is 68.7 Å². The first kappa shape index (κ1) is 48.5. The summed E-state index contributed by atoms with van der Waals surface area (Å²) in [6, 6.07) is 4.19. The van der Waals surface area contributed by atoms with Crippen molar-refractivity contribution in [1.29, 1.82) is 0 Å². The number of carboxylic acid groups (broad SMARTS) is 5. The molecule has 0 aliphatic carbocycles. The van der Waals surface area contributed by atoms with E-state index < -0.39 is 129 Å². The van der Waals surface area contributed by atoms with E-state index in [4.69, 9.17) is 11.5 Å². The Balaban J connectivity index is 1.82. The number of fused-ring (bicyclic) bond motifs is 1. The van der Waals surface area contributed by atoms with Crippen LogP contribution < -0.4 is 31.7 Å². The van der Waals surface area contributed by atoms with Crippen LogP contribution in [0.1, 0.15) is 73.1 Å². The Morgan fingerprint density at radius 1 is 0.677 bits per heavy atom. The van der Waals surface area contributed by atoms with Gasteiger partial charge in [-0.05, 0) is 74.6 Å². The monoisotopic (exact) mass is 863 g/mol. The summed E-state index contributed by atoms with van der Waals surface area (Å²) in [4.78, 5) is 132. The zero-order valence-electron chi connectivity index (χ0n) is 33.2. The van der Waals surface area contributed by atoms with E-state index >= 15 is 0 Å². The molecule has 62 heavy (non-hydrogen) atoms. The van der Waals surface area contributed by atoms with Crippen LogP contribution in [0.5, 0.6) is 0 Å². The van der Waals surface area contributed by atoms with Crippen LogP contribution in [0, 0.1) is 19.3 Å². The van der Waals surface area contributed by atoms with E-state index in [0.29, 0.717) is 22.4 Å². The molecule has 22 nitrogen and oxygen atoms in total. The molecule has 0 spiro atoms. The molecule has 3 aromatic rings. The number of aromatic nitrogens is 2. The van der Waals surface area contributed by atoms with Crippen LogP contribution in [-0.2, 0) is 44.9 Å². The van der Waals surface area contributed by atoms with Gasteiger partial charge < -0.3 is 56.7 Å². The van der Waals surface area contributed by atoms with Gasteiger partial charge in [0.2, 0.25) is 17.7 Å². The fraction of sp³-hybridized carbons (Fsp3) is 0.375. The van der Waals surface area contributed by atoms with Crippen LogP contribution in [0.2, 0.25) is 0 Å². The highest BCUT2D eigenvalue weighted by Gasteiger charge is 2.32. The molecule has 0 aliphatic heterocycles. The molecule has 330 valence electrons. The first-order chi connectivity index (χ1) is 29.3. The number of nitrogens with zero attached hydrogens (tertiary/aromatic N) is 2. The molecule has 4 amide bonds. The van der Waals surface area contributed by atoms with Crippen molar-refractivity contribution in [2.45, 2.75) is 89.0 Å². The van der Waals surface area contributed by atoms with Crippen LogP contribution >= 0.6 is 0 Å². The minimum absolute atomic E-state index is 0.0108. The van der Waals surface area contributed by atoms with E-state index in [1.165, 1.54) is 12.1 Å². The van der Waals surface area contributed by atoms with E-state index in [1.807, 2.05) is 5.32 Å². The summed E-state index contributed by atoms with van der Waals surface area (Å²) in [7, 11) is 0. The molecule has 0 saturated carbocycles. The van der Waals surface area contributed by atoms with Crippen molar-refractivity contribution in [2.24, 2.45) is 0 Å². The van der Waals surface area contributed by atoms with Gasteiger partial charge in [-0.1, -0.05) is 12.0 Å². The molecule has 0 unspecified atom stereocenters. The molecule has 1 aromatic heterocycles. The number of hydrogen-bond donors (Lipinski definition) is 10. The minimum Gasteiger partial charge on any atom is -0.481 e. The Morgan fingerprint density at radius 3 is 1.58 bits per heavy atom. The van der Waals surface area contributed by atoms with Crippen LogP contribution in [0.4, 0.5) is 5.69 Å². The highest BCUT2D eigenvalue weighted by Crippen LogP contribution is 2.20. The lowest BCUT2D eigenvalue weighted by Crippen LogP contribution is -2.58. The maximum absolute atomic E-state index is 13.6. The topological polar surface area (TPSA) is 352 Å². The van der Waals surface area contributed by atoms with Crippen molar-refractivity contribution in [3.05, 3.63) is 69.8 Å². The van der Waals surface area contributed by atoms with Gasteiger partial charge in [-0.15, -0.1) is 6.42 Å². The second kappa shape index (κ2) is 23.1. The molecular formula is C40H45N7O15. The molecule has 1 heterocycles. The zero-order valence-corrected chi connectivity index (χ0v) is 33.2. The van der Waals surface area contributed by atoms with Gasteiger partial charge in [0, 0.05) is 43.5 Å². The fourth-order valence-corrected chi connectivity index (χ4v) is 5.99. The Morgan fingerprint density at radius 2 is 1.13 bits per heavy atom. The number of carbonyl (C=O) groups is 9. The molecule has 0 saturated heterocycles. The molecule has 2 aromatic carbocycles. The Kier molecular flexibility index (Phi) is 18.1. The molecule has 0 fully saturated rings. The average molecular weight is 864 g/mol. The number of anilines is 1. The lowest BCUT2D eigenvalue weighted by Gasteiger charge is -2.26. The Hall–Kier alpha value is -7.83. The summed E-state index contributed by atoms with van der Waals surface area (Å²) >= 11 is 0. The summed E-state index contributed by atoms with van der Waals surface area (Å²) in [5.74, 6) is -8.61. The number of terminal acetylenes is 1. The lowest BCUT2D eigenvalue weighted by atomic mass is 10.0. The van der Waals surface area contributed by atoms with E-state index in [1.54, 1.807) is 42.2 Å². The van der Waals surface area contributed by atoms with E-state index in [2.05, 4.69) is 31.8 Å². The van der Waals surface area contributed by atoms with Crippen molar-refractivity contribution in [2.75, 3.05) is 11.4 Å². The number of aliphatic carboxylic acids is 5. The second-order valence-electron chi connectivity index (χ2n) is 13.9. The lowest BCUT2D eigenvalue weighted by molar-refractivity contribution is -0.144. The zero-order chi connectivity index (χ0) is 46.1. The quantitative estimate of drug-likeness (QED) is 0.0500. The minimum atomic E-state index is -1.77. The third kappa shape index (κ3) is 15.4. The van der Waals surface area contributed by atoms with Gasteiger partial charge in [-0.3, -0.25) is 43.2 Å². The summed E-state index contributed by atoms with van der Waals surface area (Å²) in [5.41, 5.74) is 1.50. The van der Waals surface area contributed by atoms with Crippen molar-refractivity contribution in [3.8, 4) is 12.3 Å². The largest absolute Gasteiger partial charge is 0.481 e. The first-order valence-corrected chi connectivity index (χ1v) is 18.9. The highest BCUT2D eigenvalue weighted by atomic mass is 16.4. The normalized spacial score (nSPS) is 12.6. The van der Waals surface area contributed by atoms with Crippen LogP contribution in [0.15, 0.2) is 47.3 Å². The maximum atomic E-state index is 13.6. The molecule has 0 radical (unpaired) electrons. The number of H-pyrrole nitrogens is 1. The molecule has 0 bridgehead atoms. The maximum Gasteiger partial charge on any atom is 0.326 e. The summed E-state index contributed by atoms with van der Waals surface area (Å²) in [6.07, 6.45) is 0.548. The van der Waals surface area contributed by atoms with Gasteiger partial charge in [0.25, 0.3) is 11.5 Å². The summed E-state index contributed by atoms with van der Waals surface area (Å²) < 4.78 is 0. The van der Waals surface area contributed by atoms with Gasteiger partial charge in [0.15, 0.2) is 0 Å². The van der Waals surface area contributed by atoms with E-state index in [0.717, 1.165) is 5.56 Å². The summed E-state index contributed by atoms with van der Waals surface area (Å²) in [6.45, 7) is 2.05. The van der Waals surface area contributed by atoms with Gasteiger partial charge in [0.05, 0.1) is 17.4 Å². The van der Waals surface area contributed by atoms with Crippen molar-refractivity contribution >= 4 is 70.1 Å². The van der Waals surface area contributed by atoms with Crippen LogP contribution in [0.3, 0.4) is 0 Å². The smallest absolute Gasteiger partial charge is 0.326 e. The van der Waals surface area contributed by atoms with Gasteiger partial charge >= 0.3 is 29.8 Å².